The molecule has 0 bridgehead atoms. The first-order valence-corrected chi connectivity index (χ1v) is 5.10. The van der Waals surface area contributed by atoms with E-state index in [9.17, 15) is 0 Å². The Morgan fingerprint density at radius 2 is 1.79 bits per heavy atom. The second kappa shape index (κ2) is 3.61. The zero-order valence-electron chi connectivity index (χ0n) is 9.19. The van der Waals surface area contributed by atoms with E-state index in [0.29, 0.717) is 0 Å². The summed E-state index contributed by atoms with van der Waals surface area (Å²) in [7, 11) is 4.15. The summed E-state index contributed by atoms with van der Waals surface area (Å²) < 4.78 is 1.89. The van der Waals surface area contributed by atoms with Crippen LogP contribution in [-0.2, 0) is 7.05 Å². The van der Waals surface area contributed by atoms with Crippen LogP contribution in [0.3, 0.4) is 0 Å². The number of anilines is 1. The molecule has 78 valence electrons. The quantitative estimate of drug-likeness (QED) is 0.650. The predicted octanol–water partition coefficient (Wildman–Crippen LogP) is 0.480. The second-order valence-corrected chi connectivity index (χ2v) is 4.06. The second-order valence-electron chi connectivity index (χ2n) is 4.06. The largest absolute Gasteiger partial charge is 0.366 e. The van der Waals surface area contributed by atoms with Crippen LogP contribution < -0.4 is 4.90 Å². The first-order valence-electron chi connectivity index (χ1n) is 5.10. The Bertz CT molecular complexity index is 310. The molecule has 0 aliphatic carbocycles. The molecule has 14 heavy (non-hydrogen) atoms. The normalized spacial score (nSPS) is 18.9. The van der Waals surface area contributed by atoms with Crippen LogP contribution in [0.1, 0.15) is 5.69 Å². The van der Waals surface area contributed by atoms with Crippen molar-refractivity contribution in [1.29, 1.82) is 0 Å². The number of nitrogens with zero attached hydrogens (tertiary/aromatic N) is 4. The van der Waals surface area contributed by atoms with Gasteiger partial charge in [0.2, 0.25) is 0 Å². The maximum atomic E-state index is 4.37. The van der Waals surface area contributed by atoms with E-state index in [-0.39, 0.29) is 0 Å². The summed E-state index contributed by atoms with van der Waals surface area (Å²) >= 11 is 0. The van der Waals surface area contributed by atoms with Crippen molar-refractivity contribution < 1.29 is 0 Å². The predicted molar refractivity (Wildman–Crippen MR) is 57.7 cm³/mol. The van der Waals surface area contributed by atoms with Crippen LogP contribution >= 0.6 is 0 Å². The van der Waals surface area contributed by atoms with Crippen LogP contribution in [-0.4, -0.2) is 47.9 Å². The van der Waals surface area contributed by atoms with Gasteiger partial charge in [-0.3, -0.25) is 4.68 Å². The summed E-state index contributed by atoms with van der Waals surface area (Å²) in [5, 5.41) is 4.37. The van der Waals surface area contributed by atoms with Crippen LogP contribution in [0.15, 0.2) is 6.20 Å². The van der Waals surface area contributed by atoms with E-state index in [4.69, 9.17) is 0 Å². The standard InChI is InChI=1S/C10H18N4/c1-9-10(8-13(3)11-9)14-6-4-12(2)5-7-14/h8H,4-7H2,1-3H3. The Labute approximate surface area is 85.1 Å². The molecule has 1 fully saturated rings. The molecule has 0 saturated carbocycles. The molecule has 4 heteroatoms. The molecule has 2 heterocycles. The van der Waals surface area contributed by atoms with Crippen molar-refractivity contribution in [3.63, 3.8) is 0 Å². The van der Waals surface area contributed by atoms with Gasteiger partial charge in [0.05, 0.1) is 11.4 Å². The van der Waals surface area contributed by atoms with E-state index in [2.05, 4.69) is 35.1 Å². The van der Waals surface area contributed by atoms with E-state index in [0.717, 1.165) is 31.9 Å². The van der Waals surface area contributed by atoms with Crippen LogP contribution in [0, 0.1) is 6.92 Å². The van der Waals surface area contributed by atoms with E-state index in [1.165, 1.54) is 5.69 Å². The topological polar surface area (TPSA) is 24.3 Å². The molecule has 0 N–H and O–H groups in total. The molecule has 1 aliphatic heterocycles. The third-order valence-corrected chi connectivity index (χ3v) is 2.83. The number of aromatic nitrogens is 2. The number of aryl methyl sites for hydroxylation is 2. The molecule has 0 spiro atoms. The molecule has 1 aliphatic rings. The third kappa shape index (κ3) is 1.75. The summed E-state index contributed by atoms with van der Waals surface area (Å²) in [6.07, 6.45) is 2.11. The lowest BCUT2D eigenvalue weighted by atomic mass is 10.3. The van der Waals surface area contributed by atoms with E-state index < -0.39 is 0 Å². The number of rotatable bonds is 1. The minimum atomic E-state index is 1.11. The Morgan fingerprint density at radius 1 is 1.14 bits per heavy atom. The van der Waals surface area contributed by atoms with Gasteiger partial charge >= 0.3 is 0 Å². The van der Waals surface area contributed by atoms with Gasteiger partial charge in [-0.15, -0.1) is 0 Å². The molecular formula is C10H18N4. The fraction of sp³-hybridized carbons (Fsp3) is 0.700. The monoisotopic (exact) mass is 194 g/mol. The highest BCUT2D eigenvalue weighted by atomic mass is 15.3. The van der Waals surface area contributed by atoms with Gasteiger partial charge in [0.25, 0.3) is 0 Å². The average Bonchev–Trinajstić information content (AvgIpc) is 2.47. The SMILES string of the molecule is Cc1nn(C)cc1N1CCN(C)CC1. The van der Waals surface area contributed by atoms with Crippen molar-refractivity contribution in [3.8, 4) is 0 Å². The summed E-state index contributed by atoms with van der Waals surface area (Å²) in [5.74, 6) is 0. The van der Waals surface area contributed by atoms with Gasteiger partial charge in [-0.25, -0.2) is 0 Å². The van der Waals surface area contributed by atoms with Gasteiger partial charge in [-0.2, -0.15) is 5.10 Å². The third-order valence-electron chi connectivity index (χ3n) is 2.83. The molecule has 0 aromatic carbocycles. The maximum Gasteiger partial charge on any atom is 0.0827 e. The lowest BCUT2D eigenvalue weighted by Crippen LogP contribution is -2.44. The molecule has 0 amide bonds. The first-order chi connectivity index (χ1) is 6.66. The van der Waals surface area contributed by atoms with Gasteiger partial charge in [0.15, 0.2) is 0 Å². The van der Waals surface area contributed by atoms with Gasteiger partial charge in [0.1, 0.15) is 0 Å². The summed E-state index contributed by atoms with van der Waals surface area (Å²) in [6.45, 7) is 6.60. The van der Waals surface area contributed by atoms with E-state index in [1.807, 2.05) is 11.7 Å². The van der Waals surface area contributed by atoms with Crippen LogP contribution in [0.2, 0.25) is 0 Å². The minimum Gasteiger partial charge on any atom is -0.366 e. The molecule has 2 rings (SSSR count). The van der Waals surface area contributed by atoms with Gasteiger partial charge < -0.3 is 9.80 Å². The average molecular weight is 194 g/mol. The van der Waals surface area contributed by atoms with Gasteiger partial charge in [-0.05, 0) is 14.0 Å². The summed E-state index contributed by atoms with van der Waals surface area (Å²) in [6, 6.07) is 0. The van der Waals surface area contributed by atoms with Crippen LogP contribution in [0.25, 0.3) is 0 Å². The summed E-state index contributed by atoms with van der Waals surface area (Å²) in [4.78, 5) is 4.78. The van der Waals surface area contributed by atoms with E-state index >= 15 is 0 Å². The van der Waals surface area contributed by atoms with Crippen LogP contribution in [0.4, 0.5) is 5.69 Å². The lowest BCUT2D eigenvalue weighted by molar-refractivity contribution is 0.312. The minimum absolute atomic E-state index is 1.11. The van der Waals surface area contributed by atoms with Crippen molar-refractivity contribution in [2.24, 2.45) is 7.05 Å². The Kier molecular flexibility index (Phi) is 2.46. The molecule has 1 saturated heterocycles. The zero-order chi connectivity index (χ0) is 10.1. The molecule has 0 unspecified atom stereocenters. The lowest BCUT2D eigenvalue weighted by Gasteiger charge is -2.33. The first kappa shape index (κ1) is 9.52. The fourth-order valence-electron chi connectivity index (χ4n) is 1.94. The molecule has 0 atom stereocenters. The Hall–Kier alpha value is -1.03. The maximum absolute atomic E-state index is 4.37. The van der Waals surface area contributed by atoms with E-state index in [1.54, 1.807) is 0 Å². The Morgan fingerprint density at radius 3 is 2.29 bits per heavy atom. The van der Waals surface area contributed by atoms with Crippen molar-refractivity contribution in [2.45, 2.75) is 6.92 Å². The smallest absolute Gasteiger partial charge is 0.0827 e. The van der Waals surface area contributed by atoms with Crippen molar-refractivity contribution >= 4 is 5.69 Å². The molecule has 1 aromatic rings. The van der Waals surface area contributed by atoms with Gasteiger partial charge in [0, 0.05) is 39.4 Å². The zero-order valence-corrected chi connectivity index (χ0v) is 9.19. The van der Waals surface area contributed by atoms with Gasteiger partial charge in [-0.1, -0.05) is 0 Å². The van der Waals surface area contributed by atoms with Crippen molar-refractivity contribution in [2.75, 3.05) is 38.1 Å². The fourth-order valence-corrected chi connectivity index (χ4v) is 1.94. The molecule has 1 aromatic heterocycles. The van der Waals surface area contributed by atoms with Crippen molar-refractivity contribution in [1.82, 2.24) is 14.7 Å². The number of piperazine rings is 1. The highest BCUT2D eigenvalue weighted by Crippen LogP contribution is 2.19. The summed E-state index contributed by atoms with van der Waals surface area (Å²) in [5.41, 5.74) is 2.43. The number of hydrogen-bond acceptors (Lipinski definition) is 3. The molecule has 0 radical (unpaired) electrons. The number of likely N-dealkylation sites (N-methyl/N-ethyl adjacent to an activating group) is 1. The Balaban J connectivity index is 2.11. The van der Waals surface area contributed by atoms with Crippen molar-refractivity contribution in [3.05, 3.63) is 11.9 Å². The van der Waals surface area contributed by atoms with Crippen LogP contribution in [0.5, 0.6) is 0 Å². The number of hydrogen-bond donors (Lipinski definition) is 0. The highest BCUT2D eigenvalue weighted by molar-refractivity contribution is 5.49. The molecular weight excluding hydrogens is 176 g/mol. The molecule has 4 nitrogen and oxygen atoms in total. The highest BCUT2D eigenvalue weighted by Gasteiger charge is 2.17.